The Morgan fingerprint density at radius 1 is 1.21 bits per heavy atom. The van der Waals surface area contributed by atoms with E-state index < -0.39 is 5.82 Å². The number of halogens is 1. The highest BCUT2D eigenvalue weighted by molar-refractivity contribution is 6.00. The lowest BCUT2D eigenvalue weighted by Gasteiger charge is -2.31. The molecule has 2 aliphatic rings. The van der Waals surface area contributed by atoms with E-state index in [4.69, 9.17) is 15.2 Å². The summed E-state index contributed by atoms with van der Waals surface area (Å²) >= 11 is 0. The molecule has 1 fully saturated rings. The molecule has 178 valence electrons. The van der Waals surface area contributed by atoms with Crippen molar-refractivity contribution in [2.24, 2.45) is 0 Å². The molecule has 1 aromatic carbocycles. The Kier molecular flexibility index (Phi) is 5.82. The van der Waals surface area contributed by atoms with Crippen LogP contribution in [0.2, 0.25) is 0 Å². The molecule has 0 radical (unpaired) electrons. The van der Waals surface area contributed by atoms with Crippen LogP contribution in [0.4, 0.5) is 26.4 Å². The Morgan fingerprint density at radius 2 is 2.00 bits per heavy atom. The van der Waals surface area contributed by atoms with Gasteiger partial charge in [-0.05, 0) is 42.8 Å². The number of aromatic nitrogens is 2. The largest absolute Gasteiger partial charge is 0.474 e. The molecule has 1 saturated heterocycles. The number of ether oxygens (including phenoxy) is 2. The Morgan fingerprint density at radius 3 is 2.79 bits per heavy atom. The molecule has 2 aliphatic heterocycles. The van der Waals surface area contributed by atoms with Crippen molar-refractivity contribution in [1.29, 1.82) is 0 Å². The Bertz CT molecular complexity index is 1260. The lowest BCUT2D eigenvalue weighted by atomic mass is 9.97. The minimum Gasteiger partial charge on any atom is -0.474 e. The van der Waals surface area contributed by atoms with E-state index in [1.165, 1.54) is 6.20 Å². The number of carbonyl (C=O) groups excluding carboxylic acids is 1. The molecule has 10 heteroatoms. The molecule has 2 aromatic heterocycles. The quantitative estimate of drug-likeness (QED) is 0.503. The van der Waals surface area contributed by atoms with Crippen molar-refractivity contribution in [1.82, 2.24) is 14.9 Å². The van der Waals surface area contributed by atoms with Gasteiger partial charge in [0, 0.05) is 61.8 Å². The van der Waals surface area contributed by atoms with Crippen molar-refractivity contribution in [3.63, 3.8) is 0 Å². The number of pyridine rings is 2. The van der Waals surface area contributed by atoms with Crippen LogP contribution in [0.15, 0.2) is 24.5 Å². The topological polar surface area (TPSA) is 115 Å². The third-order valence-electron chi connectivity index (χ3n) is 6.53. The molecule has 4 N–H and O–H groups in total. The van der Waals surface area contributed by atoms with Gasteiger partial charge in [-0.3, -0.25) is 5.32 Å². The molecule has 3 aromatic rings. The molecule has 9 nitrogen and oxygen atoms in total. The Balaban J connectivity index is 1.48. The predicted molar refractivity (Wildman–Crippen MR) is 129 cm³/mol. The maximum absolute atomic E-state index is 15.3. The fourth-order valence-corrected chi connectivity index (χ4v) is 4.49. The first-order valence-electron chi connectivity index (χ1n) is 11.3. The van der Waals surface area contributed by atoms with E-state index in [9.17, 15) is 4.79 Å². The van der Waals surface area contributed by atoms with E-state index in [0.717, 1.165) is 24.1 Å². The van der Waals surface area contributed by atoms with Gasteiger partial charge in [0.1, 0.15) is 18.1 Å². The minimum atomic E-state index is -0.535. The van der Waals surface area contributed by atoms with Crippen LogP contribution in [0.3, 0.4) is 0 Å². The number of hydrogen-bond donors (Lipinski definition) is 3. The molecular weight excluding hydrogens is 439 g/mol. The zero-order valence-corrected chi connectivity index (χ0v) is 19.2. The van der Waals surface area contributed by atoms with Gasteiger partial charge in [-0.1, -0.05) is 0 Å². The predicted octanol–water partition coefficient (Wildman–Crippen LogP) is 3.77. The van der Waals surface area contributed by atoms with Gasteiger partial charge in [0.25, 0.3) is 0 Å². The third-order valence-corrected chi connectivity index (χ3v) is 6.53. The highest BCUT2D eigenvalue weighted by Gasteiger charge is 2.24. The summed E-state index contributed by atoms with van der Waals surface area (Å²) in [6.45, 7) is 4.35. The summed E-state index contributed by atoms with van der Waals surface area (Å²) in [7, 11) is 1.77. The van der Waals surface area contributed by atoms with Crippen LogP contribution in [0, 0.1) is 12.7 Å². The number of carbonyl (C=O) groups is 1. The number of nitrogens with two attached hydrogens (primary N) is 1. The number of rotatable bonds is 3. The molecular formula is C24H27FN6O3. The van der Waals surface area contributed by atoms with E-state index in [2.05, 4.69) is 20.6 Å². The second-order valence-electron chi connectivity index (χ2n) is 8.58. The van der Waals surface area contributed by atoms with Gasteiger partial charge in [0.15, 0.2) is 5.82 Å². The maximum atomic E-state index is 15.3. The zero-order valence-electron chi connectivity index (χ0n) is 19.2. The number of benzene rings is 1. The highest BCUT2D eigenvalue weighted by atomic mass is 19.1. The summed E-state index contributed by atoms with van der Waals surface area (Å²) < 4.78 is 26.3. The second kappa shape index (κ2) is 8.94. The number of fused-ring (bicyclic) bond motifs is 2. The highest BCUT2D eigenvalue weighted by Crippen LogP contribution is 2.39. The SMILES string of the molecule is Cc1c(-c2cc3cc(NC(=O)N(C)C4CCOCC4)ncc3c(N)c2F)cnc2c1NCCO2. The van der Waals surface area contributed by atoms with Gasteiger partial charge in [-0.2, -0.15) is 0 Å². The molecule has 0 unspecified atom stereocenters. The first kappa shape index (κ1) is 22.1. The summed E-state index contributed by atoms with van der Waals surface area (Å²) in [5.41, 5.74) is 8.67. The molecule has 5 rings (SSSR count). The number of nitrogen functional groups attached to an aromatic ring is 1. The molecule has 0 spiro atoms. The summed E-state index contributed by atoms with van der Waals surface area (Å²) in [4.78, 5) is 23.1. The van der Waals surface area contributed by atoms with Crippen molar-refractivity contribution in [3.05, 3.63) is 35.9 Å². The van der Waals surface area contributed by atoms with Gasteiger partial charge >= 0.3 is 6.03 Å². The number of nitrogens with zero attached hydrogens (tertiary/aromatic N) is 3. The van der Waals surface area contributed by atoms with Crippen molar-refractivity contribution in [2.45, 2.75) is 25.8 Å². The van der Waals surface area contributed by atoms with Crippen LogP contribution in [-0.2, 0) is 4.74 Å². The van der Waals surface area contributed by atoms with Gasteiger partial charge < -0.3 is 25.4 Å². The van der Waals surface area contributed by atoms with Crippen LogP contribution < -0.4 is 21.1 Å². The molecule has 0 aliphatic carbocycles. The summed E-state index contributed by atoms with van der Waals surface area (Å²) in [6, 6.07) is 3.27. The fourth-order valence-electron chi connectivity index (χ4n) is 4.49. The standard InChI is InChI=1S/C24H27FN6O3/c1-13-17(11-29-23-22(13)27-5-8-34-23)16-9-14-10-19(28-12-18(14)21(26)20(16)25)30-24(32)31(2)15-3-6-33-7-4-15/h9-12,15,27H,3-8,26H2,1-2H3,(H,28,30,32). The molecule has 0 saturated carbocycles. The first-order valence-corrected chi connectivity index (χ1v) is 11.3. The van der Waals surface area contributed by atoms with Gasteiger partial charge in [-0.15, -0.1) is 0 Å². The van der Waals surface area contributed by atoms with Crippen molar-refractivity contribution < 1.29 is 18.7 Å². The zero-order chi connectivity index (χ0) is 23.8. The van der Waals surface area contributed by atoms with Crippen LogP contribution in [0.5, 0.6) is 5.88 Å². The van der Waals surface area contributed by atoms with E-state index in [-0.39, 0.29) is 17.8 Å². The van der Waals surface area contributed by atoms with Crippen LogP contribution >= 0.6 is 0 Å². The summed E-state index contributed by atoms with van der Waals surface area (Å²) in [6.07, 6.45) is 4.66. The molecule has 0 atom stereocenters. The molecule has 34 heavy (non-hydrogen) atoms. The van der Waals surface area contributed by atoms with Gasteiger partial charge in [-0.25, -0.2) is 19.2 Å². The lowest BCUT2D eigenvalue weighted by molar-refractivity contribution is 0.0544. The second-order valence-corrected chi connectivity index (χ2v) is 8.58. The van der Waals surface area contributed by atoms with Crippen LogP contribution in [0.25, 0.3) is 21.9 Å². The van der Waals surface area contributed by atoms with Crippen molar-refractivity contribution in [2.75, 3.05) is 49.8 Å². The average Bonchev–Trinajstić information content (AvgIpc) is 2.87. The van der Waals surface area contributed by atoms with Crippen LogP contribution in [-0.4, -0.2) is 60.4 Å². The average molecular weight is 467 g/mol. The lowest BCUT2D eigenvalue weighted by Crippen LogP contribution is -2.42. The van der Waals surface area contributed by atoms with Gasteiger partial charge in [0.2, 0.25) is 5.88 Å². The third kappa shape index (κ3) is 3.94. The normalized spacial score (nSPS) is 15.9. The summed E-state index contributed by atoms with van der Waals surface area (Å²) in [5, 5.41) is 7.24. The monoisotopic (exact) mass is 466 g/mol. The van der Waals surface area contributed by atoms with E-state index in [0.29, 0.717) is 60.0 Å². The number of anilines is 3. The number of amides is 2. The smallest absolute Gasteiger partial charge is 0.323 e. The van der Waals surface area contributed by atoms with Gasteiger partial charge in [0.05, 0.1) is 5.69 Å². The summed E-state index contributed by atoms with van der Waals surface area (Å²) in [5.74, 6) is 0.333. The number of nitrogens with one attached hydrogen (secondary N) is 2. The maximum Gasteiger partial charge on any atom is 0.323 e. The molecule has 0 bridgehead atoms. The molecule has 4 heterocycles. The number of urea groups is 1. The Hall–Kier alpha value is -3.66. The van der Waals surface area contributed by atoms with E-state index in [1.54, 1.807) is 30.3 Å². The fraction of sp³-hybridized carbons (Fsp3) is 0.375. The van der Waals surface area contributed by atoms with Crippen molar-refractivity contribution in [3.8, 4) is 17.0 Å². The Labute approximate surface area is 196 Å². The minimum absolute atomic E-state index is 0.00136. The molecule has 2 amide bonds. The van der Waals surface area contributed by atoms with E-state index >= 15 is 4.39 Å². The van der Waals surface area contributed by atoms with E-state index in [1.807, 2.05) is 6.92 Å². The van der Waals surface area contributed by atoms with Crippen LogP contribution in [0.1, 0.15) is 18.4 Å². The van der Waals surface area contributed by atoms with Crippen molar-refractivity contribution >= 4 is 34.0 Å². The number of hydrogen-bond acceptors (Lipinski definition) is 7. The first-order chi connectivity index (χ1) is 16.4.